The molecule has 0 unspecified atom stereocenters. The van der Waals surface area contributed by atoms with Crippen LogP contribution in [-0.2, 0) is 0 Å². The summed E-state index contributed by atoms with van der Waals surface area (Å²) >= 11 is 8.55. The molecule has 1 atom stereocenters. The van der Waals surface area contributed by atoms with Gasteiger partial charge in [-0.1, -0.05) is 46.3 Å². The van der Waals surface area contributed by atoms with Crippen LogP contribution in [0.15, 0.2) is 56.8 Å². The van der Waals surface area contributed by atoms with Gasteiger partial charge in [-0.3, -0.25) is 4.79 Å². The molecule has 0 saturated carbocycles. The second-order valence-electron chi connectivity index (χ2n) is 5.78. The zero-order chi connectivity index (χ0) is 18.3. The third-order valence-corrected chi connectivity index (χ3v) is 6.16. The van der Waals surface area contributed by atoms with E-state index in [1.165, 1.54) is 11.3 Å². The number of hydrogen-bond acceptors (Lipinski definition) is 4. The number of halogens is 2. The Hall–Kier alpha value is -1.83. The van der Waals surface area contributed by atoms with Crippen LogP contribution in [0.5, 0.6) is 5.75 Å². The van der Waals surface area contributed by atoms with E-state index >= 15 is 0 Å². The fourth-order valence-electron chi connectivity index (χ4n) is 3.06. The lowest BCUT2D eigenvalue weighted by Gasteiger charge is -2.28. The first-order valence-electron chi connectivity index (χ1n) is 7.85. The van der Waals surface area contributed by atoms with Crippen LogP contribution in [-0.4, -0.2) is 13.0 Å². The minimum absolute atomic E-state index is 0.0954. The molecule has 2 aromatic carbocycles. The molecule has 1 aliphatic heterocycles. The van der Waals surface area contributed by atoms with E-state index in [0.717, 1.165) is 30.6 Å². The molecule has 1 aliphatic rings. The molecule has 1 amide bonds. The maximum Gasteiger partial charge on any atom is 0.256 e. The normalized spacial score (nSPS) is 15.8. The molecule has 0 saturated heterocycles. The van der Waals surface area contributed by atoms with E-state index < -0.39 is 0 Å². The molecule has 2 heterocycles. The molecule has 2 N–H and O–H groups in total. The minimum atomic E-state index is -0.374. The number of ether oxygens (including phenoxy) is 1. The Morgan fingerprint density at radius 3 is 2.62 bits per heavy atom. The number of amides is 1. The molecule has 132 valence electrons. The maximum absolute atomic E-state index is 12.9. The van der Waals surface area contributed by atoms with Crippen LogP contribution in [0, 0.1) is 0 Å². The second kappa shape index (κ2) is 7.06. The van der Waals surface area contributed by atoms with Gasteiger partial charge in [0.25, 0.3) is 5.91 Å². The molecule has 3 aromatic rings. The van der Waals surface area contributed by atoms with Crippen molar-refractivity contribution in [1.82, 2.24) is 5.32 Å². The van der Waals surface area contributed by atoms with Gasteiger partial charge in [-0.2, -0.15) is 0 Å². The maximum atomic E-state index is 12.9. The van der Waals surface area contributed by atoms with Crippen LogP contribution in [0.1, 0.15) is 22.1 Å². The van der Waals surface area contributed by atoms with Crippen molar-refractivity contribution in [1.29, 1.82) is 0 Å². The second-order valence-corrected chi connectivity index (χ2v) is 8.43. The minimum Gasteiger partial charge on any atom is -0.495 e. The van der Waals surface area contributed by atoms with E-state index in [1.807, 2.05) is 47.8 Å². The zero-order valence-electron chi connectivity index (χ0n) is 13.7. The molecular formula is C19H14Br2N2O2S. The van der Waals surface area contributed by atoms with E-state index in [1.54, 1.807) is 7.11 Å². The molecule has 0 bridgehead atoms. The number of fused-ring (bicyclic) bond motifs is 1. The zero-order valence-corrected chi connectivity index (χ0v) is 17.7. The van der Waals surface area contributed by atoms with Crippen LogP contribution in [0.3, 0.4) is 0 Å². The lowest BCUT2D eigenvalue weighted by atomic mass is 10.0. The topological polar surface area (TPSA) is 50.4 Å². The van der Waals surface area contributed by atoms with Gasteiger partial charge in [-0.25, -0.2) is 0 Å². The van der Waals surface area contributed by atoms with Gasteiger partial charge in [0.1, 0.15) is 16.9 Å². The Bertz CT molecular complexity index is 989. The van der Waals surface area contributed by atoms with Gasteiger partial charge in [0.2, 0.25) is 0 Å². The van der Waals surface area contributed by atoms with Crippen LogP contribution in [0.25, 0.3) is 11.1 Å². The van der Waals surface area contributed by atoms with E-state index in [0.29, 0.717) is 11.3 Å². The summed E-state index contributed by atoms with van der Waals surface area (Å²) in [6.07, 6.45) is -0.374. The fourth-order valence-corrected chi connectivity index (χ4v) is 5.47. The Morgan fingerprint density at radius 2 is 1.88 bits per heavy atom. The number of thiophene rings is 1. The Balaban J connectivity index is 1.75. The predicted octanol–water partition coefficient (Wildman–Crippen LogP) is 5.80. The molecule has 0 radical (unpaired) electrons. The first kappa shape index (κ1) is 17.6. The van der Waals surface area contributed by atoms with Gasteiger partial charge >= 0.3 is 0 Å². The van der Waals surface area contributed by atoms with Crippen molar-refractivity contribution in [3.63, 3.8) is 0 Å². The molecule has 4 nitrogen and oxygen atoms in total. The summed E-state index contributed by atoms with van der Waals surface area (Å²) in [5.41, 5.74) is 3.51. The highest BCUT2D eigenvalue weighted by atomic mass is 79.9. The summed E-state index contributed by atoms with van der Waals surface area (Å²) in [4.78, 5) is 12.9. The molecule has 7 heteroatoms. The van der Waals surface area contributed by atoms with E-state index in [4.69, 9.17) is 4.74 Å². The van der Waals surface area contributed by atoms with E-state index in [2.05, 4.69) is 42.5 Å². The summed E-state index contributed by atoms with van der Waals surface area (Å²) in [7, 11) is 1.62. The lowest BCUT2D eigenvalue weighted by molar-refractivity contribution is 0.0936. The quantitative estimate of drug-likeness (QED) is 0.484. The van der Waals surface area contributed by atoms with Crippen molar-refractivity contribution in [2.75, 3.05) is 12.4 Å². The summed E-state index contributed by atoms with van der Waals surface area (Å²) in [5, 5.41) is 9.35. The molecular weight excluding hydrogens is 480 g/mol. The van der Waals surface area contributed by atoms with Crippen LogP contribution >= 0.6 is 43.2 Å². The summed E-state index contributed by atoms with van der Waals surface area (Å²) in [6.45, 7) is 0. The molecule has 0 fully saturated rings. The van der Waals surface area contributed by atoms with Crippen molar-refractivity contribution in [3.05, 3.63) is 67.9 Å². The van der Waals surface area contributed by atoms with Gasteiger partial charge in [0.15, 0.2) is 0 Å². The number of rotatable bonds is 3. The fraction of sp³-hybridized carbons (Fsp3) is 0.105. The Morgan fingerprint density at radius 1 is 1.12 bits per heavy atom. The van der Waals surface area contributed by atoms with Crippen LogP contribution in [0.2, 0.25) is 0 Å². The number of anilines is 1. The van der Waals surface area contributed by atoms with Crippen LogP contribution < -0.4 is 15.4 Å². The standard InChI is InChI=1S/C19H14Br2N2O2S/c1-25-16-12(7-11(20)8-14(16)21)17-22-18(24)15-13(9-26-19(15)23-17)10-5-3-2-4-6-10/h2-9,17,23H,1H3,(H,22,24)/t17-/m0/s1. The number of benzene rings is 2. The highest BCUT2D eigenvalue weighted by Gasteiger charge is 2.31. The summed E-state index contributed by atoms with van der Waals surface area (Å²) in [5.74, 6) is 0.594. The molecule has 0 spiro atoms. The molecule has 1 aromatic heterocycles. The van der Waals surface area contributed by atoms with E-state index in [9.17, 15) is 4.79 Å². The van der Waals surface area contributed by atoms with Crippen molar-refractivity contribution in [2.24, 2.45) is 0 Å². The third-order valence-electron chi connectivity index (χ3n) is 4.21. The molecule has 26 heavy (non-hydrogen) atoms. The van der Waals surface area contributed by atoms with Crippen LogP contribution in [0.4, 0.5) is 5.00 Å². The van der Waals surface area contributed by atoms with Gasteiger partial charge in [-0.05, 0) is 33.6 Å². The largest absolute Gasteiger partial charge is 0.495 e. The Kier molecular flexibility index (Phi) is 4.77. The average Bonchev–Trinajstić information content (AvgIpc) is 3.06. The number of carbonyl (C=O) groups is 1. The number of hydrogen-bond donors (Lipinski definition) is 2. The highest BCUT2D eigenvalue weighted by molar-refractivity contribution is 9.11. The number of methoxy groups -OCH3 is 1. The van der Waals surface area contributed by atoms with Gasteiger partial charge in [0, 0.05) is 21.0 Å². The van der Waals surface area contributed by atoms with Gasteiger partial charge < -0.3 is 15.4 Å². The van der Waals surface area contributed by atoms with Gasteiger partial charge in [0.05, 0.1) is 17.1 Å². The summed E-state index contributed by atoms with van der Waals surface area (Å²) in [6, 6.07) is 13.8. The number of nitrogens with one attached hydrogen (secondary N) is 2. The first-order chi connectivity index (χ1) is 12.6. The molecule has 4 rings (SSSR count). The van der Waals surface area contributed by atoms with Crippen molar-refractivity contribution < 1.29 is 9.53 Å². The first-order valence-corrected chi connectivity index (χ1v) is 10.3. The lowest BCUT2D eigenvalue weighted by Crippen LogP contribution is -2.38. The SMILES string of the molecule is COc1c(Br)cc(Br)cc1[C@H]1NC(=O)c2c(-c3ccccc3)csc2N1. The van der Waals surface area contributed by atoms with Crippen molar-refractivity contribution >= 4 is 54.1 Å². The van der Waals surface area contributed by atoms with Gasteiger partial charge in [-0.15, -0.1) is 11.3 Å². The average molecular weight is 494 g/mol. The predicted molar refractivity (Wildman–Crippen MR) is 112 cm³/mol. The highest BCUT2D eigenvalue weighted by Crippen LogP contribution is 2.42. The monoisotopic (exact) mass is 492 g/mol. The van der Waals surface area contributed by atoms with Crippen molar-refractivity contribution in [3.8, 4) is 16.9 Å². The Labute approximate surface area is 171 Å². The molecule has 0 aliphatic carbocycles. The number of carbonyl (C=O) groups excluding carboxylic acids is 1. The third kappa shape index (κ3) is 3.04. The van der Waals surface area contributed by atoms with E-state index in [-0.39, 0.29) is 12.1 Å². The van der Waals surface area contributed by atoms with Crippen molar-refractivity contribution in [2.45, 2.75) is 6.17 Å². The smallest absolute Gasteiger partial charge is 0.256 e. The summed E-state index contributed by atoms with van der Waals surface area (Å²) < 4.78 is 7.25.